The summed E-state index contributed by atoms with van der Waals surface area (Å²) in [6.45, 7) is 0.373. The highest BCUT2D eigenvalue weighted by molar-refractivity contribution is 7.82. The van der Waals surface area contributed by atoms with Gasteiger partial charge in [0.25, 0.3) is 5.91 Å². The van der Waals surface area contributed by atoms with Crippen LogP contribution in [-0.4, -0.2) is 16.9 Å². The van der Waals surface area contributed by atoms with E-state index in [2.05, 4.69) is 10.6 Å². The molecule has 0 aromatic carbocycles. The second-order valence-electron chi connectivity index (χ2n) is 4.22. The number of hydrogen-bond acceptors (Lipinski definition) is 3. The van der Waals surface area contributed by atoms with Crippen molar-refractivity contribution in [2.75, 3.05) is 0 Å². The third kappa shape index (κ3) is 3.56. The zero-order chi connectivity index (χ0) is 12.1. The molecule has 2 N–H and O–H groups in total. The maximum absolute atomic E-state index is 11.7. The van der Waals surface area contributed by atoms with E-state index in [-0.39, 0.29) is 10.9 Å². The second kappa shape index (κ2) is 5.82. The van der Waals surface area contributed by atoms with Crippen molar-refractivity contribution in [2.24, 2.45) is 0 Å². The van der Waals surface area contributed by atoms with E-state index >= 15 is 0 Å². The number of carbonyl (C=O) groups excluding carboxylic acids is 1. The average molecular weight is 252 g/mol. The van der Waals surface area contributed by atoms with Crippen molar-refractivity contribution >= 4 is 23.1 Å². The molecule has 1 saturated carbocycles. The number of amides is 1. The zero-order valence-corrected chi connectivity index (χ0v) is 10.4. The van der Waals surface area contributed by atoms with Crippen molar-refractivity contribution in [1.29, 1.82) is 0 Å². The molecule has 2 rings (SSSR count). The molecule has 0 saturated heterocycles. The molecule has 1 fully saturated rings. The SMILES string of the molecule is O=C(NCc1ccco1)C(=S)NC1CCCC1. The number of hydrogen-bond donors (Lipinski definition) is 2. The van der Waals surface area contributed by atoms with E-state index in [1.807, 2.05) is 6.07 Å². The van der Waals surface area contributed by atoms with Crippen molar-refractivity contribution in [1.82, 2.24) is 10.6 Å². The van der Waals surface area contributed by atoms with Crippen molar-refractivity contribution in [3.63, 3.8) is 0 Å². The zero-order valence-electron chi connectivity index (χ0n) is 9.57. The van der Waals surface area contributed by atoms with Gasteiger partial charge in [0, 0.05) is 6.04 Å². The summed E-state index contributed by atoms with van der Waals surface area (Å²) in [5.74, 6) is 0.491. The topological polar surface area (TPSA) is 54.3 Å². The highest BCUT2D eigenvalue weighted by Crippen LogP contribution is 2.17. The lowest BCUT2D eigenvalue weighted by molar-refractivity contribution is -0.115. The Kier molecular flexibility index (Phi) is 4.14. The predicted molar refractivity (Wildman–Crippen MR) is 68.5 cm³/mol. The molecule has 17 heavy (non-hydrogen) atoms. The quantitative estimate of drug-likeness (QED) is 0.805. The molecule has 92 valence electrons. The molecule has 1 aromatic rings. The van der Waals surface area contributed by atoms with Crippen molar-refractivity contribution in [2.45, 2.75) is 38.3 Å². The first kappa shape index (κ1) is 12.1. The molecular weight excluding hydrogens is 236 g/mol. The monoisotopic (exact) mass is 252 g/mol. The van der Waals surface area contributed by atoms with E-state index in [9.17, 15) is 4.79 Å². The largest absolute Gasteiger partial charge is 0.467 e. The van der Waals surface area contributed by atoms with E-state index in [1.54, 1.807) is 12.3 Å². The molecule has 0 spiro atoms. The first-order valence-corrected chi connectivity index (χ1v) is 6.27. The maximum atomic E-state index is 11.7. The minimum Gasteiger partial charge on any atom is -0.467 e. The minimum absolute atomic E-state index is 0.233. The van der Waals surface area contributed by atoms with Crippen LogP contribution in [0.3, 0.4) is 0 Å². The number of carbonyl (C=O) groups is 1. The van der Waals surface area contributed by atoms with Gasteiger partial charge in [-0.15, -0.1) is 0 Å². The van der Waals surface area contributed by atoms with Gasteiger partial charge in [0.1, 0.15) is 5.76 Å². The molecule has 5 heteroatoms. The number of nitrogens with one attached hydrogen (secondary N) is 2. The molecule has 0 unspecified atom stereocenters. The van der Waals surface area contributed by atoms with Crippen LogP contribution in [0.15, 0.2) is 22.8 Å². The summed E-state index contributed by atoms with van der Waals surface area (Å²) in [7, 11) is 0. The number of furan rings is 1. The molecular formula is C12H16N2O2S. The van der Waals surface area contributed by atoms with E-state index in [0.29, 0.717) is 12.6 Å². The molecule has 4 nitrogen and oxygen atoms in total. The number of rotatable bonds is 3. The Morgan fingerprint density at radius 2 is 2.24 bits per heavy atom. The third-order valence-electron chi connectivity index (χ3n) is 2.90. The number of thiocarbonyl (C=S) groups is 1. The van der Waals surface area contributed by atoms with Crippen molar-refractivity contribution in [3.05, 3.63) is 24.2 Å². The molecule has 1 amide bonds. The van der Waals surface area contributed by atoms with Crippen LogP contribution in [0.2, 0.25) is 0 Å². The highest BCUT2D eigenvalue weighted by atomic mass is 32.1. The van der Waals surface area contributed by atoms with Gasteiger partial charge in [0.15, 0.2) is 4.99 Å². The predicted octanol–water partition coefficient (Wildman–Crippen LogP) is 1.76. The van der Waals surface area contributed by atoms with Crippen LogP contribution in [0.25, 0.3) is 0 Å². The Morgan fingerprint density at radius 3 is 2.88 bits per heavy atom. The van der Waals surface area contributed by atoms with Gasteiger partial charge in [0.2, 0.25) is 0 Å². The van der Waals surface area contributed by atoms with Gasteiger partial charge in [0.05, 0.1) is 12.8 Å². The van der Waals surface area contributed by atoms with Crippen LogP contribution in [-0.2, 0) is 11.3 Å². The molecule has 1 heterocycles. The van der Waals surface area contributed by atoms with Crippen molar-refractivity contribution < 1.29 is 9.21 Å². The summed E-state index contributed by atoms with van der Waals surface area (Å²) in [5.41, 5.74) is 0. The van der Waals surface area contributed by atoms with Crippen molar-refractivity contribution in [3.8, 4) is 0 Å². The molecule has 1 aromatic heterocycles. The van der Waals surface area contributed by atoms with Gasteiger partial charge in [-0.2, -0.15) is 0 Å². The van der Waals surface area contributed by atoms with E-state index < -0.39 is 0 Å². The highest BCUT2D eigenvalue weighted by Gasteiger charge is 2.18. The maximum Gasteiger partial charge on any atom is 0.279 e. The fourth-order valence-electron chi connectivity index (χ4n) is 1.98. The lowest BCUT2D eigenvalue weighted by atomic mass is 10.2. The van der Waals surface area contributed by atoms with Crippen LogP contribution < -0.4 is 10.6 Å². The first-order chi connectivity index (χ1) is 8.25. The third-order valence-corrected chi connectivity index (χ3v) is 3.20. The standard InChI is InChI=1S/C12H16N2O2S/c15-11(13-8-10-6-3-7-16-10)12(17)14-9-4-1-2-5-9/h3,6-7,9H,1-2,4-5,8H2,(H,13,15)(H,14,17). The molecule has 0 radical (unpaired) electrons. The summed E-state index contributed by atoms with van der Waals surface area (Å²) in [5, 5.41) is 5.82. The second-order valence-corrected chi connectivity index (χ2v) is 4.63. The molecule has 0 bridgehead atoms. The van der Waals surface area contributed by atoms with E-state index in [4.69, 9.17) is 16.6 Å². The Labute approximate surface area is 106 Å². The Hall–Kier alpha value is -1.36. The average Bonchev–Trinajstić information content (AvgIpc) is 2.98. The Balaban J connectivity index is 1.73. The molecule has 1 aliphatic rings. The van der Waals surface area contributed by atoms with E-state index in [0.717, 1.165) is 18.6 Å². The first-order valence-electron chi connectivity index (χ1n) is 5.87. The van der Waals surface area contributed by atoms with Gasteiger partial charge < -0.3 is 15.1 Å². The van der Waals surface area contributed by atoms with Crippen LogP contribution in [0.1, 0.15) is 31.4 Å². The summed E-state index contributed by atoms with van der Waals surface area (Å²) in [6.07, 6.45) is 6.22. The fraction of sp³-hybridized carbons (Fsp3) is 0.500. The lowest BCUT2D eigenvalue weighted by Crippen LogP contribution is -2.42. The van der Waals surface area contributed by atoms with Gasteiger partial charge in [-0.25, -0.2) is 0 Å². The van der Waals surface area contributed by atoms with Crippen LogP contribution in [0.4, 0.5) is 0 Å². The van der Waals surface area contributed by atoms with Gasteiger partial charge in [-0.1, -0.05) is 25.1 Å². The van der Waals surface area contributed by atoms with Gasteiger partial charge in [-0.05, 0) is 25.0 Å². The summed E-state index contributed by atoms with van der Waals surface area (Å²) < 4.78 is 5.12. The Bertz CT molecular complexity index is 383. The van der Waals surface area contributed by atoms with Crippen LogP contribution in [0, 0.1) is 0 Å². The lowest BCUT2D eigenvalue weighted by Gasteiger charge is -2.13. The summed E-state index contributed by atoms with van der Waals surface area (Å²) in [6, 6.07) is 3.97. The molecule has 0 aliphatic heterocycles. The molecule has 1 aliphatic carbocycles. The van der Waals surface area contributed by atoms with Gasteiger partial charge in [-0.3, -0.25) is 4.79 Å². The normalized spacial score (nSPS) is 15.8. The molecule has 0 atom stereocenters. The summed E-state index contributed by atoms with van der Waals surface area (Å²) in [4.78, 5) is 12.0. The van der Waals surface area contributed by atoms with E-state index in [1.165, 1.54) is 12.8 Å². The smallest absolute Gasteiger partial charge is 0.279 e. The minimum atomic E-state index is -0.233. The summed E-state index contributed by atoms with van der Waals surface area (Å²) >= 11 is 5.05. The fourth-order valence-corrected chi connectivity index (χ4v) is 2.22. The van der Waals surface area contributed by atoms with Crippen LogP contribution in [0.5, 0.6) is 0 Å². The van der Waals surface area contributed by atoms with Crippen LogP contribution >= 0.6 is 12.2 Å². The van der Waals surface area contributed by atoms with Gasteiger partial charge >= 0.3 is 0 Å². The Morgan fingerprint density at radius 1 is 1.47 bits per heavy atom.